The molecule has 1 fully saturated rings. The first-order valence-electron chi connectivity index (χ1n) is 9.30. The van der Waals surface area contributed by atoms with Crippen molar-refractivity contribution in [1.82, 2.24) is 20.2 Å². The molecule has 1 N–H and O–H groups in total. The molecule has 1 atom stereocenters. The van der Waals surface area contributed by atoms with E-state index in [1.807, 2.05) is 32.0 Å². The molecule has 1 aliphatic rings. The number of hydrogen-bond acceptors (Lipinski definition) is 5. The fourth-order valence-corrected chi connectivity index (χ4v) is 3.37. The third-order valence-corrected chi connectivity index (χ3v) is 5.09. The van der Waals surface area contributed by atoms with Crippen molar-refractivity contribution in [2.24, 2.45) is 5.92 Å². The molecule has 6 nitrogen and oxygen atoms in total. The van der Waals surface area contributed by atoms with Crippen LogP contribution in [0.2, 0.25) is 0 Å². The first kappa shape index (κ1) is 18.7. The van der Waals surface area contributed by atoms with Crippen molar-refractivity contribution in [2.45, 2.75) is 33.7 Å². The molecule has 1 aliphatic heterocycles. The molecular formula is C20H28N4O2. The molecule has 0 spiro atoms. The molecule has 3 rings (SSSR count). The second kappa shape index (κ2) is 8.10. The van der Waals surface area contributed by atoms with Crippen LogP contribution in [0.5, 0.6) is 0 Å². The first-order valence-corrected chi connectivity index (χ1v) is 9.30. The number of amides is 1. The Bertz CT molecular complexity index is 785. The molecule has 1 aromatic heterocycles. The van der Waals surface area contributed by atoms with Crippen LogP contribution in [0.15, 0.2) is 18.2 Å². The lowest BCUT2D eigenvalue weighted by Crippen LogP contribution is -2.51. The number of nitrogens with one attached hydrogen (secondary N) is 1. The van der Waals surface area contributed by atoms with Crippen molar-refractivity contribution >= 4 is 16.9 Å². The lowest BCUT2D eigenvalue weighted by molar-refractivity contribution is 0.00673. The fourth-order valence-electron chi connectivity index (χ4n) is 3.37. The van der Waals surface area contributed by atoms with Crippen LogP contribution in [0.1, 0.15) is 35.6 Å². The number of aryl methyl sites for hydroxylation is 2. The summed E-state index contributed by atoms with van der Waals surface area (Å²) in [5.41, 5.74) is 4.01. The third-order valence-electron chi connectivity index (χ3n) is 5.09. The van der Waals surface area contributed by atoms with Crippen LogP contribution < -0.4 is 5.32 Å². The van der Waals surface area contributed by atoms with Crippen LogP contribution in [0.3, 0.4) is 0 Å². The van der Waals surface area contributed by atoms with Crippen molar-refractivity contribution in [1.29, 1.82) is 0 Å². The van der Waals surface area contributed by atoms with Crippen LogP contribution in [0.4, 0.5) is 0 Å². The smallest absolute Gasteiger partial charge is 0.251 e. The van der Waals surface area contributed by atoms with Gasteiger partial charge in [-0.25, -0.2) is 9.97 Å². The summed E-state index contributed by atoms with van der Waals surface area (Å²) in [5.74, 6) is 0.396. The van der Waals surface area contributed by atoms with E-state index in [0.717, 1.165) is 48.7 Å². The first-order chi connectivity index (χ1) is 12.5. The second-order valence-corrected chi connectivity index (χ2v) is 7.27. The Kier molecular flexibility index (Phi) is 5.84. The lowest BCUT2D eigenvalue weighted by atomic mass is 10.0. The van der Waals surface area contributed by atoms with Gasteiger partial charge in [0.25, 0.3) is 5.91 Å². The highest BCUT2D eigenvalue weighted by Gasteiger charge is 2.24. The summed E-state index contributed by atoms with van der Waals surface area (Å²) < 4.78 is 5.44. The minimum Gasteiger partial charge on any atom is -0.379 e. The summed E-state index contributed by atoms with van der Waals surface area (Å²) in [6.45, 7) is 12.3. The van der Waals surface area contributed by atoms with Gasteiger partial charge < -0.3 is 10.1 Å². The zero-order valence-corrected chi connectivity index (χ0v) is 16.1. The average molecular weight is 356 g/mol. The van der Waals surface area contributed by atoms with E-state index in [1.165, 1.54) is 0 Å². The summed E-state index contributed by atoms with van der Waals surface area (Å²) in [7, 11) is 0. The average Bonchev–Trinajstić information content (AvgIpc) is 2.63. The Morgan fingerprint density at radius 3 is 2.46 bits per heavy atom. The highest BCUT2D eigenvalue weighted by atomic mass is 16.5. The van der Waals surface area contributed by atoms with Gasteiger partial charge in [-0.15, -0.1) is 0 Å². The van der Waals surface area contributed by atoms with E-state index in [4.69, 9.17) is 4.74 Å². The van der Waals surface area contributed by atoms with Crippen LogP contribution in [-0.2, 0) is 4.74 Å². The fraction of sp³-hybridized carbons (Fsp3) is 0.550. The SMILES string of the molecule is Cc1nc2ccc(C(=O)NCC(C(C)C)N3CCOCC3)cc2nc1C. The Hall–Kier alpha value is -2.05. The number of nitrogens with zero attached hydrogens (tertiary/aromatic N) is 3. The van der Waals surface area contributed by atoms with Crippen molar-refractivity contribution in [3.05, 3.63) is 35.2 Å². The number of carbonyl (C=O) groups is 1. The van der Waals surface area contributed by atoms with Crippen LogP contribution in [-0.4, -0.2) is 59.7 Å². The lowest BCUT2D eigenvalue weighted by Gasteiger charge is -2.36. The van der Waals surface area contributed by atoms with Crippen LogP contribution in [0.25, 0.3) is 11.0 Å². The molecule has 2 aromatic rings. The third kappa shape index (κ3) is 4.19. The predicted octanol–water partition coefficient (Wildman–Crippen LogP) is 2.33. The summed E-state index contributed by atoms with van der Waals surface area (Å²) >= 11 is 0. The number of benzene rings is 1. The normalized spacial score (nSPS) is 16.8. The number of rotatable bonds is 5. The minimum absolute atomic E-state index is 0.0640. The van der Waals surface area contributed by atoms with E-state index in [-0.39, 0.29) is 5.91 Å². The highest BCUT2D eigenvalue weighted by Crippen LogP contribution is 2.16. The Morgan fingerprint density at radius 1 is 1.15 bits per heavy atom. The van der Waals surface area contributed by atoms with E-state index < -0.39 is 0 Å². The molecule has 1 aromatic carbocycles. The van der Waals surface area contributed by atoms with Crippen molar-refractivity contribution in [3.8, 4) is 0 Å². The molecule has 0 saturated carbocycles. The molecule has 6 heteroatoms. The van der Waals surface area contributed by atoms with Crippen molar-refractivity contribution in [3.63, 3.8) is 0 Å². The molecule has 0 bridgehead atoms. The Balaban J connectivity index is 1.70. The van der Waals surface area contributed by atoms with Crippen LogP contribution in [0, 0.1) is 19.8 Å². The number of morpholine rings is 1. The number of aromatic nitrogens is 2. The number of hydrogen-bond donors (Lipinski definition) is 1. The maximum Gasteiger partial charge on any atom is 0.251 e. The zero-order chi connectivity index (χ0) is 18.7. The summed E-state index contributed by atoms with van der Waals surface area (Å²) in [5, 5.41) is 3.10. The zero-order valence-electron chi connectivity index (χ0n) is 16.1. The largest absolute Gasteiger partial charge is 0.379 e. The number of ether oxygens (including phenoxy) is 1. The van der Waals surface area contributed by atoms with Gasteiger partial charge in [0.1, 0.15) is 0 Å². The minimum atomic E-state index is -0.0640. The molecular weight excluding hydrogens is 328 g/mol. The van der Waals surface area contributed by atoms with E-state index >= 15 is 0 Å². The van der Waals surface area contributed by atoms with Gasteiger partial charge in [-0.1, -0.05) is 13.8 Å². The van der Waals surface area contributed by atoms with E-state index in [2.05, 4.69) is 34.0 Å². The summed E-state index contributed by atoms with van der Waals surface area (Å²) in [4.78, 5) is 24.1. The van der Waals surface area contributed by atoms with Gasteiger partial charge in [-0.3, -0.25) is 9.69 Å². The topological polar surface area (TPSA) is 67.4 Å². The Labute approximate surface area is 155 Å². The maximum atomic E-state index is 12.6. The maximum absolute atomic E-state index is 12.6. The molecule has 0 radical (unpaired) electrons. The molecule has 26 heavy (non-hydrogen) atoms. The molecule has 1 unspecified atom stereocenters. The van der Waals surface area contributed by atoms with Gasteiger partial charge in [0.15, 0.2) is 0 Å². The number of fused-ring (bicyclic) bond motifs is 1. The standard InChI is InChI=1S/C20H28N4O2/c1-13(2)19(24-7-9-26-10-8-24)12-21-20(25)16-5-6-17-18(11-16)23-15(4)14(3)22-17/h5-6,11,13,19H,7-10,12H2,1-4H3,(H,21,25). The summed E-state index contributed by atoms with van der Waals surface area (Å²) in [6, 6.07) is 5.82. The highest BCUT2D eigenvalue weighted by molar-refractivity contribution is 5.97. The number of carbonyl (C=O) groups excluding carboxylic acids is 1. The van der Waals surface area contributed by atoms with Gasteiger partial charge in [-0.2, -0.15) is 0 Å². The molecule has 2 heterocycles. The quantitative estimate of drug-likeness (QED) is 0.891. The molecule has 0 aliphatic carbocycles. The van der Waals surface area contributed by atoms with Gasteiger partial charge in [0.2, 0.25) is 0 Å². The van der Waals surface area contributed by atoms with Crippen molar-refractivity contribution in [2.75, 3.05) is 32.8 Å². The molecule has 1 saturated heterocycles. The molecule has 1 amide bonds. The summed E-state index contributed by atoms with van der Waals surface area (Å²) in [6.07, 6.45) is 0. The predicted molar refractivity (Wildman–Crippen MR) is 102 cm³/mol. The monoisotopic (exact) mass is 356 g/mol. The van der Waals surface area contributed by atoms with Crippen molar-refractivity contribution < 1.29 is 9.53 Å². The van der Waals surface area contributed by atoms with Gasteiger partial charge in [0, 0.05) is 31.2 Å². The van der Waals surface area contributed by atoms with Gasteiger partial charge in [0.05, 0.1) is 35.6 Å². The van der Waals surface area contributed by atoms with E-state index in [9.17, 15) is 4.79 Å². The van der Waals surface area contributed by atoms with Crippen LogP contribution >= 0.6 is 0 Å². The van der Waals surface area contributed by atoms with E-state index in [0.29, 0.717) is 24.1 Å². The van der Waals surface area contributed by atoms with E-state index in [1.54, 1.807) is 0 Å². The van der Waals surface area contributed by atoms with Gasteiger partial charge in [-0.05, 0) is 38.0 Å². The Morgan fingerprint density at radius 2 is 1.81 bits per heavy atom. The van der Waals surface area contributed by atoms with Gasteiger partial charge >= 0.3 is 0 Å². The second-order valence-electron chi connectivity index (χ2n) is 7.27. The molecule has 140 valence electrons.